The number of nitrogens with zero attached hydrogens (tertiary/aromatic N) is 1. The first-order valence-corrected chi connectivity index (χ1v) is 12.0. The molecule has 0 aliphatic rings. The number of methoxy groups -OCH3 is 2. The highest BCUT2D eigenvalue weighted by Gasteiger charge is 2.12. The molecule has 0 saturated heterocycles. The van der Waals surface area contributed by atoms with Crippen molar-refractivity contribution in [2.24, 2.45) is 0 Å². The lowest BCUT2D eigenvalue weighted by Crippen LogP contribution is -2.14. The topological polar surface area (TPSA) is 127 Å². The molecule has 1 heterocycles. The number of amides is 2. The van der Waals surface area contributed by atoms with Gasteiger partial charge in [-0.3, -0.25) is 14.4 Å². The Morgan fingerprint density at radius 1 is 0.971 bits per heavy atom. The molecule has 3 N–H and O–H groups in total. The monoisotopic (exact) mass is 501 g/mol. The Bertz CT molecular complexity index is 1160. The van der Waals surface area contributed by atoms with Crippen LogP contribution in [0.15, 0.2) is 52.7 Å². The van der Waals surface area contributed by atoms with Gasteiger partial charge >= 0.3 is 5.97 Å². The molecule has 0 aliphatic carbocycles. The zero-order chi connectivity index (χ0) is 24.5. The van der Waals surface area contributed by atoms with Crippen molar-refractivity contribution in [3.8, 4) is 22.8 Å². The van der Waals surface area contributed by atoms with Crippen LogP contribution in [0.1, 0.15) is 12.8 Å². The Morgan fingerprint density at radius 3 is 2.38 bits per heavy atom. The molecule has 178 valence electrons. The molecular formula is C23H23N3O6S2. The van der Waals surface area contributed by atoms with Gasteiger partial charge in [0, 0.05) is 27.9 Å². The van der Waals surface area contributed by atoms with Crippen LogP contribution in [-0.2, 0) is 14.4 Å². The molecule has 9 nitrogen and oxygen atoms in total. The van der Waals surface area contributed by atoms with Gasteiger partial charge in [0.05, 0.1) is 32.1 Å². The van der Waals surface area contributed by atoms with Crippen LogP contribution in [0.25, 0.3) is 11.3 Å². The minimum atomic E-state index is -1.02. The minimum Gasteiger partial charge on any atom is -0.493 e. The second-order valence-electron chi connectivity index (χ2n) is 6.91. The first kappa shape index (κ1) is 25.1. The Labute approximate surface area is 204 Å². The van der Waals surface area contributed by atoms with Crippen LogP contribution in [0.3, 0.4) is 0 Å². The van der Waals surface area contributed by atoms with Crippen LogP contribution >= 0.6 is 23.1 Å². The lowest BCUT2D eigenvalue weighted by Gasteiger charge is -2.08. The van der Waals surface area contributed by atoms with Crippen molar-refractivity contribution < 1.29 is 29.0 Å². The summed E-state index contributed by atoms with van der Waals surface area (Å²) in [7, 11) is 3.14. The zero-order valence-corrected chi connectivity index (χ0v) is 20.1. The van der Waals surface area contributed by atoms with E-state index in [1.54, 1.807) is 44.6 Å². The first-order chi connectivity index (χ1) is 16.4. The van der Waals surface area contributed by atoms with Gasteiger partial charge in [-0.25, -0.2) is 4.98 Å². The van der Waals surface area contributed by atoms with E-state index in [-0.39, 0.29) is 30.4 Å². The number of benzene rings is 2. The van der Waals surface area contributed by atoms with E-state index >= 15 is 0 Å². The van der Waals surface area contributed by atoms with E-state index < -0.39 is 5.97 Å². The number of aliphatic carboxylic acids is 1. The third kappa shape index (κ3) is 7.22. The number of hydrogen-bond donors (Lipinski definition) is 3. The molecule has 2 amide bonds. The summed E-state index contributed by atoms with van der Waals surface area (Å²) >= 11 is 2.68. The smallest absolute Gasteiger partial charge is 0.303 e. The third-order valence-corrected chi connectivity index (χ3v) is 6.27. The number of nitrogens with one attached hydrogen (secondary N) is 2. The molecule has 0 unspecified atom stereocenters. The summed E-state index contributed by atoms with van der Waals surface area (Å²) < 4.78 is 10.6. The summed E-state index contributed by atoms with van der Waals surface area (Å²) in [5.74, 6) is -0.158. The Morgan fingerprint density at radius 2 is 1.71 bits per heavy atom. The van der Waals surface area contributed by atoms with Crippen molar-refractivity contribution in [1.82, 2.24) is 4.98 Å². The number of thiazole rings is 1. The summed E-state index contributed by atoms with van der Waals surface area (Å²) in [6, 6.07) is 12.5. The summed E-state index contributed by atoms with van der Waals surface area (Å²) in [6.45, 7) is 0. The predicted octanol–water partition coefficient (Wildman–Crippen LogP) is 4.36. The lowest BCUT2D eigenvalue weighted by molar-refractivity contribution is -0.138. The molecule has 0 bridgehead atoms. The van der Waals surface area contributed by atoms with Gasteiger partial charge < -0.3 is 25.2 Å². The van der Waals surface area contributed by atoms with Gasteiger partial charge in [-0.05, 0) is 42.5 Å². The molecule has 11 heteroatoms. The highest BCUT2D eigenvalue weighted by atomic mass is 32.2. The molecule has 0 aliphatic heterocycles. The number of ether oxygens (including phenoxy) is 2. The van der Waals surface area contributed by atoms with Crippen LogP contribution in [0.2, 0.25) is 0 Å². The van der Waals surface area contributed by atoms with Crippen molar-refractivity contribution in [3.05, 3.63) is 47.8 Å². The quantitative estimate of drug-likeness (QED) is 0.331. The maximum atomic E-state index is 12.3. The van der Waals surface area contributed by atoms with Crippen LogP contribution in [-0.4, -0.2) is 47.8 Å². The summed E-state index contributed by atoms with van der Waals surface area (Å²) in [5, 5.41) is 16.4. The van der Waals surface area contributed by atoms with Gasteiger partial charge in [0.1, 0.15) is 0 Å². The number of anilines is 2. The van der Waals surface area contributed by atoms with Crippen molar-refractivity contribution in [2.45, 2.75) is 17.7 Å². The van der Waals surface area contributed by atoms with E-state index in [1.165, 1.54) is 23.1 Å². The fourth-order valence-corrected chi connectivity index (χ4v) is 4.28. The molecule has 3 aromatic rings. The maximum Gasteiger partial charge on any atom is 0.303 e. The standard InChI is InChI=1S/C23H23N3O6S2/c1-31-18-8-3-14(11-19(18)32-2)17-12-34-23(25-17)26-21(28)13-33-16-6-4-15(5-7-16)24-20(27)9-10-22(29)30/h3-8,11-12H,9-10,13H2,1-2H3,(H,24,27)(H,29,30)(H,25,26,28). The van der Waals surface area contributed by atoms with Gasteiger partial charge in [-0.15, -0.1) is 23.1 Å². The molecule has 0 fully saturated rings. The number of carbonyl (C=O) groups excluding carboxylic acids is 2. The Hall–Kier alpha value is -3.57. The summed E-state index contributed by atoms with van der Waals surface area (Å²) in [4.78, 5) is 39.9. The zero-order valence-electron chi connectivity index (χ0n) is 18.5. The predicted molar refractivity (Wildman–Crippen MR) is 132 cm³/mol. The van der Waals surface area contributed by atoms with E-state index in [4.69, 9.17) is 14.6 Å². The molecule has 34 heavy (non-hydrogen) atoms. The van der Waals surface area contributed by atoms with Crippen LogP contribution in [0.5, 0.6) is 11.5 Å². The molecular weight excluding hydrogens is 478 g/mol. The third-order valence-electron chi connectivity index (χ3n) is 4.50. The molecule has 2 aromatic carbocycles. The molecule has 0 saturated carbocycles. The number of rotatable bonds is 11. The van der Waals surface area contributed by atoms with E-state index in [2.05, 4.69) is 15.6 Å². The van der Waals surface area contributed by atoms with Crippen molar-refractivity contribution >= 4 is 51.7 Å². The van der Waals surface area contributed by atoms with E-state index in [1.807, 2.05) is 17.5 Å². The van der Waals surface area contributed by atoms with E-state index in [9.17, 15) is 14.4 Å². The minimum absolute atomic E-state index is 0.0868. The number of thioether (sulfide) groups is 1. The van der Waals surface area contributed by atoms with Crippen molar-refractivity contribution in [2.75, 3.05) is 30.6 Å². The molecule has 0 radical (unpaired) electrons. The van der Waals surface area contributed by atoms with Gasteiger partial charge in [0.25, 0.3) is 0 Å². The lowest BCUT2D eigenvalue weighted by atomic mass is 10.1. The van der Waals surface area contributed by atoms with Gasteiger partial charge in [-0.1, -0.05) is 0 Å². The number of carbonyl (C=O) groups is 3. The van der Waals surface area contributed by atoms with E-state index in [0.29, 0.717) is 22.3 Å². The number of aromatic nitrogens is 1. The van der Waals surface area contributed by atoms with Crippen LogP contribution in [0.4, 0.5) is 10.8 Å². The second kappa shape index (κ2) is 12.1. The van der Waals surface area contributed by atoms with Crippen LogP contribution in [0, 0.1) is 0 Å². The maximum absolute atomic E-state index is 12.3. The second-order valence-corrected chi connectivity index (χ2v) is 8.82. The van der Waals surface area contributed by atoms with Gasteiger partial charge in [0.2, 0.25) is 11.8 Å². The normalized spacial score (nSPS) is 10.4. The van der Waals surface area contributed by atoms with Gasteiger partial charge in [-0.2, -0.15) is 0 Å². The molecule has 1 aromatic heterocycles. The highest BCUT2D eigenvalue weighted by molar-refractivity contribution is 8.00. The summed E-state index contributed by atoms with van der Waals surface area (Å²) in [6.07, 6.45) is -0.305. The van der Waals surface area contributed by atoms with Gasteiger partial charge in [0.15, 0.2) is 16.6 Å². The fourth-order valence-electron chi connectivity index (χ4n) is 2.84. The number of hydrogen-bond acceptors (Lipinski definition) is 8. The first-order valence-electron chi connectivity index (χ1n) is 10.1. The molecule has 0 spiro atoms. The van der Waals surface area contributed by atoms with Crippen molar-refractivity contribution in [3.63, 3.8) is 0 Å². The Kier molecular flexibility index (Phi) is 8.88. The summed E-state index contributed by atoms with van der Waals surface area (Å²) in [5.41, 5.74) is 2.13. The van der Waals surface area contributed by atoms with Crippen molar-refractivity contribution in [1.29, 1.82) is 0 Å². The highest BCUT2D eigenvalue weighted by Crippen LogP contribution is 2.33. The van der Waals surface area contributed by atoms with Crippen LogP contribution < -0.4 is 20.1 Å². The largest absolute Gasteiger partial charge is 0.493 e. The average molecular weight is 502 g/mol. The SMILES string of the molecule is COc1ccc(-c2csc(NC(=O)CSc3ccc(NC(=O)CCC(=O)O)cc3)n2)cc1OC. The fraction of sp³-hybridized carbons (Fsp3) is 0.217. The molecule has 3 rings (SSSR count). The van der Waals surface area contributed by atoms with E-state index in [0.717, 1.165) is 16.2 Å². The molecule has 0 atom stereocenters. The number of carboxylic acids is 1. The average Bonchev–Trinajstić information content (AvgIpc) is 3.30. The number of carboxylic acid groups (broad SMARTS) is 1. The Balaban J connectivity index is 1.50.